The predicted molar refractivity (Wildman–Crippen MR) is 120 cm³/mol. The molecule has 0 aliphatic carbocycles. The van der Waals surface area contributed by atoms with Crippen molar-refractivity contribution in [3.05, 3.63) is 59.1 Å². The minimum atomic E-state index is -3.75. The molecule has 3 rings (SSSR count). The van der Waals surface area contributed by atoms with E-state index in [4.69, 9.17) is 11.6 Å². The van der Waals surface area contributed by atoms with Gasteiger partial charge in [0.15, 0.2) is 0 Å². The van der Waals surface area contributed by atoms with Gasteiger partial charge >= 0.3 is 0 Å². The Morgan fingerprint density at radius 2 is 1.77 bits per heavy atom. The summed E-state index contributed by atoms with van der Waals surface area (Å²) < 4.78 is 28.1. The first-order valence-electron chi connectivity index (χ1n) is 9.92. The van der Waals surface area contributed by atoms with Gasteiger partial charge in [0.25, 0.3) is 0 Å². The minimum Gasteiger partial charge on any atom is -0.352 e. The van der Waals surface area contributed by atoms with Crippen LogP contribution in [0.25, 0.3) is 0 Å². The molecule has 1 aliphatic heterocycles. The van der Waals surface area contributed by atoms with Gasteiger partial charge in [0.05, 0.1) is 21.5 Å². The third kappa shape index (κ3) is 5.64. The Kier molecular flexibility index (Phi) is 6.73. The van der Waals surface area contributed by atoms with Gasteiger partial charge in [-0.15, -0.1) is 0 Å². The van der Waals surface area contributed by atoms with Crippen molar-refractivity contribution in [1.29, 1.82) is 0 Å². The average molecular weight is 464 g/mol. The van der Waals surface area contributed by atoms with Crippen molar-refractivity contribution in [1.82, 2.24) is 10.0 Å². The molecule has 9 heteroatoms. The molecule has 1 saturated heterocycles. The van der Waals surface area contributed by atoms with E-state index in [1.807, 2.05) is 0 Å². The van der Waals surface area contributed by atoms with Crippen LogP contribution in [0.4, 0.5) is 5.69 Å². The van der Waals surface area contributed by atoms with Crippen LogP contribution in [-0.2, 0) is 26.2 Å². The second kappa shape index (κ2) is 8.98. The lowest BCUT2D eigenvalue weighted by atomic mass is 10.1. The molecule has 1 aliphatic rings. The van der Waals surface area contributed by atoms with Crippen molar-refractivity contribution in [2.24, 2.45) is 5.92 Å². The smallest absolute Gasteiger partial charge is 0.241 e. The number of nitrogens with zero attached hydrogens (tertiary/aromatic N) is 1. The zero-order chi connectivity index (χ0) is 22.8. The topological polar surface area (TPSA) is 95.6 Å². The Balaban J connectivity index is 1.70. The fourth-order valence-electron chi connectivity index (χ4n) is 3.48. The van der Waals surface area contributed by atoms with E-state index < -0.39 is 21.5 Å². The van der Waals surface area contributed by atoms with Crippen LogP contribution in [0.3, 0.4) is 0 Å². The SMILES string of the molecule is CC(C)(C)NS(=O)(=O)c1ccccc1CNC(=O)C1CC(=O)N(c2ccccc2Cl)C1. The maximum Gasteiger partial charge on any atom is 0.241 e. The number of para-hydroxylation sites is 1. The number of benzene rings is 2. The summed E-state index contributed by atoms with van der Waals surface area (Å²) in [7, 11) is -3.75. The Hall–Kier alpha value is -2.42. The van der Waals surface area contributed by atoms with Gasteiger partial charge < -0.3 is 10.2 Å². The van der Waals surface area contributed by atoms with Crippen molar-refractivity contribution in [2.75, 3.05) is 11.4 Å². The van der Waals surface area contributed by atoms with Crippen LogP contribution in [0.5, 0.6) is 0 Å². The lowest BCUT2D eigenvalue weighted by Crippen LogP contribution is -2.41. The van der Waals surface area contributed by atoms with Gasteiger partial charge in [-0.05, 0) is 44.5 Å². The molecule has 1 fully saturated rings. The largest absolute Gasteiger partial charge is 0.352 e. The molecule has 31 heavy (non-hydrogen) atoms. The van der Waals surface area contributed by atoms with Crippen LogP contribution in [0, 0.1) is 5.92 Å². The first-order valence-corrected chi connectivity index (χ1v) is 11.8. The molecule has 0 radical (unpaired) electrons. The Morgan fingerprint density at radius 1 is 1.13 bits per heavy atom. The van der Waals surface area contributed by atoms with Crippen molar-refractivity contribution in [3.63, 3.8) is 0 Å². The van der Waals surface area contributed by atoms with E-state index in [1.165, 1.54) is 11.0 Å². The molecular weight excluding hydrogens is 438 g/mol. The standard InChI is InChI=1S/C22H26ClN3O4S/c1-22(2,3)25-31(29,30)19-11-7-4-8-15(19)13-24-21(28)16-12-20(27)26(14-16)18-10-6-5-9-17(18)23/h4-11,16,25H,12-14H2,1-3H3,(H,24,28). The van der Waals surface area contributed by atoms with Crippen LogP contribution in [0.1, 0.15) is 32.8 Å². The van der Waals surface area contributed by atoms with Crippen molar-refractivity contribution < 1.29 is 18.0 Å². The van der Waals surface area contributed by atoms with E-state index in [9.17, 15) is 18.0 Å². The number of amides is 2. The number of anilines is 1. The molecule has 0 aromatic heterocycles. The van der Waals surface area contributed by atoms with Gasteiger partial charge in [-0.25, -0.2) is 13.1 Å². The number of rotatable bonds is 6. The maximum absolute atomic E-state index is 12.8. The van der Waals surface area contributed by atoms with Crippen LogP contribution < -0.4 is 14.9 Å². The number of sulfonamides is 1. The van der Waals surface area contributed by atoms with Gasteiger partial charge in [0.2, 0.25) is 21.8 Å². The van der Waals surface area contributed by atoms with Gasteiger partial charge in [0, 0.05) is 25.0 Å². The highest BCUT2D eigenvalue weighted by Crippen LogP contribution is 2.31. The second-order valence-corrected chi connectivity index (χ2v) is 10.6. The second-order valence-electron chi connectivity index (χ2n) is 8.54. The van der Waals surface area contributed by atoms with Crippen molar-refractivity contribution in [3.8, 4) is 0 Å². The molecule has 1 atom stereocenters. The van der Waals surface area contributed by atoms with Gasteiger partial charge in [0.1, 0.15) is 0 Å². The molecule has 0 bridgehead atoms. The number of hydrogen-bond donors (Lipinski definition) is 2. The third-order valence-corrected chi connectivity index (χ3v) is 6.97. The number of nitrogens with one attached hydrogen (secondary N) is 2. The summed E-state index contributed by atoms with van der Waals surface area (Å²) in [5.41, 5.74) is 0.413. The lowest BCUT2D eigenvalue weighted by Gasteiger charge is -2.22. The highest BCUT2D eigenvalue weighted by molar-refractivity contribution is 7.89. The Morgan fingerprint density at radius 3 is 2.45 bits per heavy atom. The monoisotopic (exact) mass is 463 g/mol. The summed E-state index contributed by atoms with van der Waals surface area (Å²) in [5.74, 6) is -1.02. The van der Waals surface area contributed by atoms with Gasteiger partial charge in [-0.1, -0.05) is 41.9 Å². The van der Waals surface area contributed by atoms with Gasteiger partial charge in [-0.2, -0.15) is 0 Å². The minimum absolute atomic E-state index is 0.0385. The van der Waals surface area contributed by atoms with E-state index >= 15 is 0 Å². The fraction of sp³-hybridized carbons (Fsp3) is 0.364. The zero-order valence-electron chi connectivity index (χ0n) is 17.7. The first-order chi connectivity index (χ1) is 14.5. The molecule has 7 nitrogen and oxygen atoms in total. The summed E-state index contributed by atoms with van der Waals surface area (Å²) in [6, 6.07) is 13.5. The van der Waals surface area contributed by atoms with E-state index in [-0.39, 0.29) is 36.2 Å². The highest BCUT2D eigenvalue weighted by atomic mass is 35.5. The molecule has 2 amide bonds. The predicted octanol–water partition coefficient (Wildman–Crippen LogP) is 3.09. The quantitative estimate of drug-likeness (QED) is 0.688. The van der Waals surface area contributed by atoms with E-state index in [1.54, 1.807) is 63.2 Å². The van der Waals surface area contributed by atoms with E-state index in [2.05, 4.69) is 10.0 Å². The Bertz CT molecular complexity index is 1100. The van der Waals surface area contributed by atoms with Crippen LogP contribution in [0.15, 0.2) is 53.4 Å². The van der Waals surface area contributed by atoms with E-state index in [0.29, 0.717) is 16.3 Å². The summed E-state index contributed by atoms with van der Waals surface area (Å²) in [6.45, 7) is 5.54. The molecule has 2 N–H and O–H groups in total. The normalized spacial score (nSPS) is 17.1. The molecule has 2 aromatic carbocycles. The summed E-state index contributed by atoms with van der Waals surface area (Å²) in [4.78, 5) is 26.8. The lowest BCUT2D eigenvalue weighted by molar-refractivity contribution is -0.126. The van der Waals surface area contributed by atoms with Gasteiger partial charge in [-0.3, -0.25) is 9.59 Å². The number of hydrogen-bond acceptors (Lipinski definition) is 4. The third-order valence-electron chi connectivity index (χ3n) is 4.79. The average Bonchev–Trinajstić information content (AvgIpc) is 3.06. The zero-order valence-corrected chi connectivity index (χ0v) is 19.3. The maximum atomic E-state index is 12.8. The molecule has 1 unspecified atom stereocenters. The molecule has 2 aromatic rings. The molecule has 166 valence electrons. The Labute approximate surface area is 187 Å². The molecule has 0 spiro atoms. The van der Waals surface area contributed by atoms with E-state index in [0.717, 1.165) is 0 Å². The van der Waals surface area contributed by atoms with Crippen molar-refractivity contribution in [2.45, 2.75) is 44.2 Å². The fourth-order valence-corrected chi connectivity index (χ4v) is 5.38. The molecular formula is C22H26ClN3O4S. The number of carbonyl (C=O) groups excluding carboxylic acids is 2. The summed E-state index contributed by atoms with van der Waals surface area (Å²) >= 11 is 6.19. The molecule has 0 saturated carbocycles. The van der Waals surface area contributed by atoms with Crippen LogP contribution >= 0.6 is 11.6 Å². The first kappa shape index (κ1) is 23.2. The van der Waals surface area contributed by atoms with Crippen LogP contribution in [0.2, 0.25) is 5.02 Å². The summed E-state index contributed by atoms with van der Waals surface area (Å²) in [6.07, 6.45) is 0.0720. The highest BCUT2D eigenvalue weighted by Gasteiger charge is 2.36. The van der Waals surface area contributed by atoms with Crippen molar-refractivity contribution >= 4 is 39.1 Å². The van der Waals surface area contributed by atoms with Crippen LogP contribution in [-0.4, -0.2) is 32.3 Å². The summed E-state index contributed by atoms with van der Waals surface area (Å²) in [5, 5.41) is 3.23. The number of carbonyl (C=O) groups is 2. The number of halogens is 1. The molecule has 1 heterocycles.